The van der Waals surface area contributed by atoms with E-state index in [9.17, 15) is 5.11 Å². The van der Waals surface area contributed by atoms with E-state index in [1.165, 1.54) is 16.5 Å². The van der Waals surface area contributed by atoms with Gasteiger partial charge in [-0.15, -0.1) is 0 Å². The highest BCUT2D eigenvalue weighted by atomic mass is 35.5. The molecule has 0 radical (unpaired) electrons. The average molecular weight is 337 g/mol. The Labute approximate surface area is 145 Å². The maximum absolute atomic E-state index is 9.39. The molecule has 0 aliphatic carbocycles. The summed E-state index contributed by atoms with van der Waals surface area (Å²) >= 11 is 6.18. The fourth-order valence-electron chi connectivity index (χ4n) is 3.23. The van der Waals surface area contributed by atoms with Crippen molar-refractivity contribution < 1.29 is 5.11 Å². The number of aliphatic hydroxyl groups excluding tert-OH is 1. The number of benzene rings is 2. The number of hydrogen-bond donors (Lipinski definition) is 1. The van der Waals surface area contributed by atoms with E-state index >= 15 is 0 Å². The van der Waals surface area contributed by atoms with Crippen LogP contribution in [0.4, 0.5) is 0 Å². The average Bonchev–Trinajstić information content (AvgIpc) is 2.92. The van der Waals surface area contributed by atoms with E-state index in [2.05, 4.69) is 28.6 Å². The lowest BCUT2D eigenvalue weighted by atomic mass is 10.1. The van der Waals surface area contributed by atoms with Crippen LogP contribution in [0.1, 0.15) is 16.8 Å². The van der Waals surface area contributed by atoms with Crippen molar-refractivity contribution in [1.82, 2.24) is 9.55 Å². The van der Waals surface area contributed by atoms with Crippen LogP contribution in [0.15, 0.2) is 54.7 Å². The van der Waals surface area contributed by atoms with E-state index in [0.29, 0.717) is 5.69 Å². The van der Waals surface area contributed by atoms with Crippen molar-refractivity contribution in [3.8, 4) is 0 Å². The summed E-state index contributed by atoms with van der Waals surface area (Å²) in [5.41, 5.74) is 5.31. The van der Waals surface area contributed by atoms with E-state index in [1.807, 2.05) is 42.6 Å². The van der Waals surface area contributed by atoms with Gasteiger partial charge in [0.1, 0.15) is 0 Å². The molecule has 0 unspecified atom stereocenters. The molecule has 4 rings (SSSR count). The molecule has 0 amide bonds. The summed E-state index contributed by atoms with van der Waals surface area (Å²) in [4.78, 5) is 4.37. The Kier molecular flexibility index (Phi) is 3.75. The summed E-state index contributed by atoms with van der Waals surface area (Å²) in [7, 11) is 0. The van der Waals surface area contributed by atoms with Gasteiger partial charge >= 0.3 is 0 Å². The van der Waals surface area contributed by atoms with Crippen molar-refractivity contribution >= 4 is 33.4 Å². The number of fused-ring (bicyclic) bond motifs is 3. The molecule has 4 aromatic rings. The lowest BCUT2D eigenvalue weighted by Gasteiger charge is -2.11. The predicted octanol–water partition coefficient (Wildman–Crippen LogP) is 4.69. The summed E-state index contributed by atoms with van der Waals surface area (Å²) in [6.07, 6.45) is 1.85. The number of aryl methyl sites for hydroxylation is 1. The molecule has 2 aromatic carbocycles. The second kappa shape index (κ2) is 5.93. The van der Waals surface area contributed by atoms with Gasteiger partial charge in [0.15, 0.2) is 0 Å². The van der Waals surface area contributed by atoms with Crippen LogP contribution in [0.2, 0.25) is 5.02 Å². The molecule has 0 atom stereocenters. The number of pyridine rings is 1. The summed E-state index contributed by atoms with van der Waals surface area (Å²) in [6, 6.07) is 16.3. The van der Waals surface area contributed by atoms with Crippen LogP contribution in [0.5, 0.6) is 0 Å². The number of nitrogens with zero attached hydrogens (tertiary/aromatic N) is 2. The highest BCUT2D eigenvalue weighted by Gasteiger charge is 2.12. The van der Waals surface area contributed by atoms with Crippen LogP contribution >= 0.6 is 11.6 Å². The van der Waals surface area contributed by atoms with Crippen LogP contribution in [-0.4, -0.2) is 14.7 Å². The second-order valence-corrected chi connectivity index (χ2v) is 6.46. The highest BCUT2D eigenvalue weighted by Crippen LogP contribution is 2.30. The monoisotopic (exact) mass is 336 g/mol. The maximum atomic E-state index is 9.39. The largest absolute Gasteiger partial charge is 0.390 e. The number of aliphatic hydroxyl groups is 1. The lowest BCUT2D eigenvalue weighted by molar-refractivity contribution is 0.277. The molecule has 3 nitrogen and oxygen atoms in total. The van der Waals surface area contributed by atoms with Gasteiger partial charge in [-0.1, -0.05) is 35.9 Å². The van der Waals surface area contributed by atoms with E-state index in [4.69, 9.17) is 11.6 Å². The van der Waals surface area contributed by atoms with E-state index < -0.39 is 0 Å². The van der Waals surface area contributed by atoms with Gasteiger partial charge in [0, 0.05) is 27.9 Å². The number of rotatable bonds is 3. The van der Waals surface area contributed by atoms with Gasteiger partial charge in [0.2, 0.25) is 0 Å². The third-order valence-electron chi connectivity index (χ3n) is 4.52. The Morgan fingerprint density at radius 1 is 1.04 bits per heavy atom. The normalized spacial score (nSPS) is 11.5. The van der Waals surface area contributed by atoms with Crippen molar-refractivity contribution in [3.63, 3.8) is 0 Å². The first kappa shape index (κ1) is 15.2. The van der Waals surface area contributed by atoms with E-state index in [0.717, 1.165) is 28.0 Å². The molecule has 2 heterocycles. The van der Waals surface area contributed by atoms with Crippen molar-refractivity contribution in [2.45, 2.75) is 20.1 Å². The quantitative estimate of drug-likeness (QED) is 0.589. The van der Waals surface area contributed by atoms with E-state index in [-0.39, 0.29) is 6.61 Å². The summed E-state index contributed by atoms with van der Waals surface area (Å²) in [5, 5.41) is 12.4. The first-order valence-electron chi connectivity index (χ1n) is 7.89. The molecule has 1 N–H and O–H groups in total. The third-order valence-corrected chi connectivity index (χ3v) is 4.75. The summed E-state index contributed by atoms with van der Waals surface area (Å²) in [6.45, 7) is 2.78. The van der Waals surface area contributed by atoms with Gasteiger partial charge in [0.25, 0.3) is 0 Å². The molecule has 120 valence electrons. The Bertz CT molecular complexity index is 1050. The Morgan fingerprint density at radius 3 is 2.71 bits per heavy atom. The summed E-state index contributed by atoms with van der Waals surface area (Å²) in [5.74, 6) is 0. The lowest BCUT2D eigenvalue weighted by Crippen LogP contribution is -2.02. The van der Waals surface area contributed by atoms with E-state index in [1.54, 1.807) is 0 Å². The van der Waals surface area contributed by atoms with Crippen LogP contribution < -0.4 is 0 Å². The molecule has 24 heavy (non-hydrogen) atoms. The fourth-order valence-corrected chi connectivity index (χ4v) is 3.42. The molecule has 0 aliphatic rings. The molecule has 0 aliphatic heterocycles. The van der Waals surface area contributed by atoms with Gasteiger partial charge < -0.3 is 9.67 Å². The van der Waals surface area contributed by atoms with Gasteiger partial charge in [-0.2, -0.15) is 0 Å². The second-order valence-electron chi connectivity index (χ2n) is 6.03. The first-order valence-corrected chi connectivity index (χ1v) is 8.27. The minimum absolute atomic E-state index is 0.0527. The smallest absolute Gasteiger partial charge is 0.0853 e. The SMILES string of the molecule is Cc1ccc(Cl)cc1Cn1c2ccccc2c2cc(CO)ncc21. The number of hydrogen-bond acceptors (Lipinski definition) is 2. The van der Waals surface area contributed by atoms with Crippen molar-refractivity contribution in [3.05, 3.63) is 76.6 Å². The van der Waals surface area contributed by atoms with Crippen molar-refractivity contribution in [2.75, 3.05) is 0 Å². The molecule has 4 heteroatoms. The molecule has 0 bridgehead atoms. The molecular weight excluding hydrogens is 320 g/mol. The zero-order valence-electron chi connectivity index (χ0n) is 13.3. The van der Waals surface area contributed by atoms with Gasteiger partial charge in [-0.05, 0) is 42.3 Å². The van der Waals surface area contributed by atoms with Crippen LogP contribution in [-0.2, 0) is 13.2 Å². The Hall–Kier alpha value is -2.36. The Morgan fingerprint density at radius 2 is 1.88 bits per heavy atom. The number of para-hydroxylation sites is 1. The predicted molar refractivity (Wildman–Crippen MR) is 98.5 cm³/mol. The van der Waals surface area contributed by atoms with Crippen molar-refractivity contribution in [2.24, 2.45) is 0 Å². The molecule has 0 fully saturated rings. The summed E-state index contributed by atoms with van der Waals surface area (Å²) < 4.78 is 2.26. The van der Waals surface area contributed by atoms with Crippen LogP contribution in [0.3, 0.4) is 0 Å². The first-order chi connectivity index (χ1) is 11.7. The van der Waals surface area contributed by atoms with Crippen LogP contribution in [0.25, 0.3) is 21.8 Å². The van der Waals surface area contributed by atoms with Crippen LogP contribution in [0, 0.1) is 6.92 Å². The standard InChI is InChI=1S/C20H17ClN2O/c1-13-6-7-15(21)8-14(13)11-23-19-5-3-2-4-17(19)18-9-16(12-24)22-10-20(18)23/h2-10,24H,11-12H2,1H3. The molecule has 0 saturated heterocycles. The molecular formula is C20H17ClN2O. The highest BCUT2D eigenvalue weighted by molar-refractivity contribution is 6.30. The Balaban J connectivity index is 1.97. The fraction of sp³-hybridized carbons (Fsp3) is 0.150. The number of halogens is 1. The zero-order chi connectivity index (χ0) is 16.7. The maximum Gasteiger partial charge on any atom is 0.0853 e. The number of aromatic nitrogens is 2. The zero-order valence-corrected chi connectivity index (χ0v) is 14.1. The molecule has 0 saturated carbocycles. The van der Waals surface area contributed by atoms with Gasteiger partial charge in [-0.3, -0.25) is 4.98 Å². The van der Waals surface area contributed by atoms with Gasteiger partial charge in [-0.25, -0.2) is 0 Å². The van der Waals surface area contributed by atoms with Crippen molar-refractivity contribution in [1.29, 1.82) is 0 Å². The van der Waals surface area contributed by atoms with Gasteiger partial charge in [0.05, 0.1) is 24.0 Å². The minimum Gasteiger partial charge on any atom is -0.390 e. The third kappa shape index (κ3) is 2.46. The molecule has 2 aromatic heterocycles. The molecule has 0 spiro atoms. The topological polar surface area (TPSA) is 38.0 Å². The minimum atomic E-state index is -0.0527.